The summed E-state index contributed by atoms with van der Waals surface area (Å²) in [5.74, 6) is -0.0731. The number of rotatable bonds is 1. The van der Waals surface area contributed by atoms with Gasteiger partial charge in [-0.2, -0.15) is 0 Å². The van der Waals surface area contributed by atoms with Gasteiger partial charge in [-0.15, -0.1) is 0 Å². The lowest BCUT2D eigenvalue weighted by atomic mass is 10.0. The van der Waals surface area contributed by atoms with Crippen LogP contribution in [-0.2, 0) is 0 Å². The molecule has 0 aliphatic heterocycles. The zero-order valence-corrected chi connectivity index (χ0v) is 8.97. The van der Waals surface area contributed by atoms with Gasteiger partial charge in [0, 0.05) is 12.5 Å². The van der Waals surface area contributed by atoms with Crippen molar-refractivity contribution in [3.63, 3.8) is 0 Å². The minimum Gasteiger partial charge on any atom is -0.395 e. The van der Waals surface area contributed by atoms with Crippen LogP contribution in [0.15, 0.2) is 56.1 Å². The average molecular weight is 225 g/mol. The third kappa shape index (κ3) is 1.56. The van der Waals surface area contributed by atoms with Gasteiger partial charge in [-0.25, -0.2) is 4.79 Å². The molecule has 3 rings (SSSR count). The van der Waals surface area contributed by atoms with E-state index in [4.69, 9.17) is 8.83 Å². The van der Waals surface area contributed by atoms with Crippen LogP contribution in [0.4, 0.5) is 0 Å². The van der Waals surface area contributed by atoms with Crippen LogP contribution in [0.25, 0.3) is 22.1 Å². The number of hydrogen-bond acceptors (Lipinski definition) is 3. The highest BCUT2D eigenvalue weighted by atomic mass is 16.6. The number of hydrogen-bond donors (Lipinski definition) is 0. The Morgan fingerprint density at radius 2 is 1.71 bits per heavy atom. The SMILES string of the molecule is [CH2]c1oc(=O)oc1-c1cccc2ccccc12. The molecule has 0 saturated heterocycles. The molecule has 3 heteroatoms. The third-order valence-corrected chi connectivity index (χ3v) is 2.68. The Labute approximate surface area is 97.3 Å². The van der Waals surface area contributed by atoms with Crippen molar-refractivity contribution in [2.45, 2.75) is 0 Å². The van der Waals surface area contributed by atoms with E-state index in [0.29, 0.717) is 5.76 Å². The van der Waals surface area contributed by atoms with Gasteiger partial charge in [0.15, 0.2) is 11.5 Å². The van der Waals surface area contributed by atoms with E-state index in [-0.39, 0.29) is 5.76 Å². The Bertz CT molecular complexity index is 729. The zero-order chi connectivity index (χ0) is 11.8. The van der Waals surface area contributed by atoms with Crippen molar-refractivity contribution in [1.82, 2.24) is 0 Å². The lowest BCUT2D eigenvalue weighted by Gasteiger charge is -2.02. The van der Waals surface area contributed by atoms with Gasteiger partial charge < -0.3 is 8.83 Å². The Kier molecular flexibility index (Phi) is 2.11. The van der Waals surface area contributed by atoms with E-state index in [2.05, 4.69) is 6.92 Å². The van der Waals surface area contributed by atoms with E-state index in [1.54, 1.807) is 0 Å². The van der Waals surface area contributed by atoms with Crippen LogP contribution in [0.5, 0.6) is 0 Å². The summed E-state index contributed by atoms with van der Waals surface area (Å²) in [6.07, 6.45) is 0. The summed E-state index contributed by atoms with van der Waals surface area (Å²) in [4.78, 5) is 11.0. The molecule has 83 valence electrons. The maximum absolute atomic E-state index is 11.0. The second-order valence-electron chi connectivity index (χ2n) is 3.73. The van der Waals surface area contributed by atoms with Crippen LogP contribution in [0.2, 0.25) is 0 Å². The van der Waals surface area contributed by atoms with Gasteiger partial charge in [-0.05, 0) is 10.8 Å². The molecule has 0 N–H and O–H groups in total. The molecule has 1 radical (unpaired) electrons. The Hall–Kier alpha value is -2.29. The van der Waals surface area contributed by atoms with E-state index in [0.717, 1.165) is 16.3 Å². The first kappa shape index (κ1) is 9.90. The van der Waals surface area contributed by atoms with E-state index in [9.17, 15) is 4.79 Å². The topological polar surface area (TPSA) is 43.4 Å². The van der Waals surface area contributed by atoms with Gasteiger partial charge in [0.2, 0.25) is 0 Å². The summed E-state index contributed by atoms with van der Waals surface area (Å²) in [7, 11) is 0. The molecule has 3 nitrogen and oxygen atoms in total. The fraction of sp³-hybridized carbons (Fsp3) is 0. The standard InChI is InChI=1S/C14H9O3/c1-9-13(17-14(15)16-9)12-8-4-6-10-5-2-3-7-11(10)12/h2-8H,1H2. The van der Waals surface area contributed by atoms with Crippen molar-refractivity contribution in [3.8, 4) is 11.3 Å². The fourth-order valence-corrected chi connectivity index (χ4v) is 1.94. The van der Waals surface area contributed by atoms with Gasteiger partial charge in [-0.1, -0.05) is 42.5 Å². The molecule has 0 aliphatic carbocycles. The second kappa shape index (κ2) is 3.63. The molecule has 0 spiro atoms. The molecule has 0 atom stereocenters. The van der Waals surface area contributed by atoms with Gasteiger partial charge in [0.1, 0.15) is 0 Å². The zero-order valence-electron chi connectivity index (χ0n) is 8.97. The summed E-state index contributed by atoms with van der Waals surface area (Å²) in [6.45, 7) is 3.66. The molecule has 1 aromatic heterocycles. The molecule has 0 saturated carbocycles. The molecule has 0 bridgehead atoms. The molecule has 2 aromatic carbocycles. The van der Waals surface area contributed by atoms with Crippen molar-refractivity contribution in [3.05, 3.63) is 65.8 Å². The van der Waals surface area contributed by atoms with Crippen molar-refractivity contribution < 1.29 is 8.83 Å². The Balaban J connectivity index is 2.38. The van der Waals surface area contributed by atoms with E-state index in [1.807, 2.05) is 42.5 Å². The molecule has 0 amide bonds. The summed E-state index contributed by atoms with van der Waals surface area (Å²) in [5, 5.41) is 2.08. The van der Waals surface area contributed by atoms with Gasteiger partial charge in [-0.3, -0.25) is 0 Å². The highest BCUT2D eigenvalue weighted by Crippen LogP contribution is 2.29. The van der Waals surface area contributed by atoms with Crippen molar-refractivity contribution in [2.24, 2.45) is 0 Å². The Morgan fingerprint density at radius 1 is 0.941 bits per heavy atom. The molecule has 1 heterocycles. The van der Waals surface area contributed by atoms with Gasteiger partial charge in [0.05, 0.1) is 0 Å². The first-order chi connectivity index (χ1) is 8.25. The number of benzene rings is 2. The average Bonchev–Trinajstić information content (AvgIpc) is 2.68. The highest BCUT2D eigenvalue weighted by Gasteiger charge is 2.13. The molecule has 0 aliphatic rings. The van der Waals surface area contributed by atoms with Crippen LogP contribution in [-0.4, -0.2) is 0 Å². The minimum absolute atomic E-state index is 0.256. The van der Waals surface area contributed by atoms with Crippen LogP contribution in [0, 0.1) is 6.92 Å². The van der Waals surface area contributed by atoms with Crippen molar-refractivity contribution in [2.75, 3.05) is 0 Å². The quantitative estimate of drug-likeness (QED) is 0.638. The lowest BCUT2D eigenvalue weighted by Crippen LogP contribution is -1.85. The highest BCUT2D eigenvalue weighted by molar-refractivity contribution is 5.95. The summed E-state index contributed by atoms with van der Waals surface area (Å²) < 4.78 is 9.81. The molecular formula is C14H9O3. The van der Waals surface area contributed by atoms with Crippen LogP contribution in [0.3, 0.4) is 0 Å². The Morgan fingerprint density at radius 3 is 2.47 bits per heavy atom. The second-order valence-corrected chi connectivity index (χ2v) is 3.73. The molecule has 0 unspecified atom stereocenters. The summed E-state index contributed by atoms with van der Waals surface area (Å²) in [5.41, 5.74) is 0.818. The smallest absolute Gasteiger partial charge is 0.395 e. The monoisotopic (exact) mass is 225 g/mol. The first-order valence-corrected chi connectivity index (χ1v) is 5.20. The van der Waals surface area contributed by atoms with Crippen LogP contribution < -0.4 is 5.82 Å². The van der Waals surface area contributed by atoms with E-state index < -0.39 is 5.82 Å². The predicted octanol–water partition coefficient (Wildman–Crippen LogP) is 3.24. The van der Waals surface area contributed by atoms with Crippen LogP contribution in [0.1, 0.15) is 5.76 Å². The normalized spacial score (nSPS) is 10.9. The largest absolute Gasteiger partial charge is 0.519 e. The van der Waals surface area contributed by atoms with Gasteiger partial charge >= 0.3 is 5.82 Å². The molecule has 3 aromatic rings. The number of fused-ring (bicyclic) bond motifs is 1. The molecule has 17 heavy (non-hydrogen) atoms. The predicted molar refractivity (Wildman–Crippen MR) is 64.6 cm³/mol. The van der Waals surface area contributed by atoms with Crippen molar-refractivity contribution >= 4 is 10.8 Å². The van der Waals surface area contributed by atoms with E-state index in [1.165, 1.54) is 0 Å². The van der Waals surface area contributed by atoms with Crippen LogP contribution >= 0.6 is 0 Å². The van der Waals surface area contributed by atoms with Crippen molar-refractivity contribution in [1.29, 1.82) is 0 Å². The first-order valence-electron chi connectivity index (χ1n) is 5.20. The third-order valence-electron chi connectivity index (χ3n) is 2.68. The van der Waals surface area contributed by atoms with E-state index >= 15 is 0 Å². The maximum Gasteiger partial charge on any atom is 0.519 e. The maximum atomic E-state index is 11.0. The van der Waals surface area contributed by atoms with Gasteiger partial charge in [0.25, 0.3) is 0 Å². The fourth-order valence-electron chi connectivity index (χ4n) is 1.94. The molecule has 0 fully saturated rings. The summed E-state index contributed by atoms with van der Waals surface area (Å²) >= 11 is 0. The molecular weight excluding hydrogens is 216 g/mol. The minimum atomic E-state index is -0.724. The summed E-state index contributed by atoms with van der Waals surface area (Å²) in [6, 6.07) is 13.7. The lowest BCUT2D eigenvalue weighted by molar-refractivity contribution is 0.385.